The molecule has 21 heavy (non-hydrogen) atoms. The summed E-state index contributed by atoms with van der Waals surface area (Å²) in [6.07, 6.45) is -3.29. The highest BCUT2D eigenvalue weighted by Crippen LogP contribution is 2.31. The number of nitrogens with zero attached hydrogens (tertiary/aromatic N) is 1. The zero-order valence-corrected chi connectivity index (χ0v) is 12.2. The quantitative estimate of drug-likeness (QED) is 0.825. The summed E-state index contributed by atoms with van der Waals surface area (Å²) >= 11 is 5.19. The number of alkyl halides is 3. The molecule has 112 valence electrons. The van der Waals surface area contributed by atoms with Crippen molar-refractivity contribution in [3.05, 3.63) is 40.8 Å². The Kier molecular flexibility index (Phi) is 4.32. The highest BCUT2D eigenvalue weighted by molar-refractivity contribution is 7.71. The minimum atomic E-state index is -4.72. The standard InChI is InChI=1S/C14H13F3N2OS/c1-8(2)11-12(18-7-19-13(11)21)9-4-3-5-10(6-9)20-14(15,16)17/h3-8H,1-2H3,(H,18,19,21). The lowest BCUT2D eigenvalue weighted by molar-refractivity contribution is -0.274. The summed E-state index contributed by atoms with van der Waals surface area (Å²) in [5.41, 5.74) is 2.00. The molecule has 0 aliphatic heterocycles. The van der Waals surface area contributed by atoms with Crippen LogP contribution >= 0.6 is 12.2 Å². The third-order valence-corrected chi connectivity index (χ3v) is 3.15. The number of aromatic nitrogens is 2. The van der Waals surface area contributed by atoms with Crippen molar-refractivity contribution >= 4 is 12.2 Å². The van der Waals surface area contributed by atoms with Crippen molar-refractivity contribution in [1.29, 1.82) is 0 Å². The van der Waals surface area contributed by atoms with E-state index in [1.165, 1.54) is 24.5 Å². The smallest absolute Gasteiger partial charge is 0.406 e. The van der Waals surface area contributed by atoms with Gasteiger partial charge in [0.2, 0.25) is 0 Å². The van der Waals surface area contributed by atoms with E-state index in [9.17, 15) is 13.2 Å². The van der Waals surface area contributed by atoms with E-state index in [1.54, 1.807) is 6.07 Å². The maximum atomic E-state index is 12.3. The maximum Gasteiger partial charge on any atom is 0.573 e. The summed E-state index contributed by atoms with van der Waals surface area (Å²) in [5.74, 6) is -0.185. The molecule has 0 aliphatic rings. The molecule has 3 nitrogen and oxygen atoms in total. The summed E-state index contributed by atoms with van der Waals surface area (Å²) < 4.78 is 41.2. The molecular formula is C14H13F3N2OS. The molecule has 0 atom stereocenters. The number of rotatable bonds is 3. The van der Waals surface area contributed by atoms with Crippen molar-refractivity contribution in [3.63, 3.8) is 0 Å². The Balaban J connectivity index is 2.51. The Morgan fingerprint density at radius 3 is 2.62 bits per heavy atom. The van der Waals surface area contributed by atoms with Gasteiger partial charge in [-0.3, -0.25) is 0 Å². The Morgan fingerprint density at radius 1 is 1.29 bits per heavy atom. The monoisotopic (exact) mass is 314 g/mol. The lowest BCUT2D eigenvalue weighted by Crippen LogP contribution is -2.17. The average molecular weight is 314 g/mol. The van der Waals surface area contributed by atoms with Gasteiger partial charge in [-0.2, -0.15) is 0 Å². The molecule has 2 aromatic rings. The van der Waals surface area contributed by atoms with Gasteiger partial charge in [0, 0.05) is 11.1 Å². The zero-order valence-electron chi connectivity index (χ0n) is 11.4. The van der Waals surface area contributed by atoms with Crippen molar-refractivity contribution in [3.8, 4) is 17.0 Å². The molecule has 0 saturated carbocycles. The Labute approximate surface area is 124 Å². The van der Waals surface area contributed by atoms with Gasteiger partial charge in [0.15, 0.2) is 0 Å². The van der Waals surface area contributed by atoms with Gasteiger partial charge < -0.3 is 9.72 Å². The fourth-order valence-electron chi connectivity index (χ4n) is 2.03. The number of ether oxygens (including phenoxy) is 1. The number of H-pyrrole nitrogens is 1. The molecule has 0 amide bonds. The van der Waals surface area contributed by atoms with Crippen LogP contribution in [-0.2, 0) is 0 Å². The molecule has 0 unspecified atom stereocenters. The molecule has 0 bridgehead atoms. The van der Waals surface area contributed by atoms with Crippen molar-refractivity contribution in [2.75, 3.05) is 0 Å². The van der Waals surface area contributed by atoms with E-state index in [1.807, 2.05) is 13.8 Å². The molecular weight excluding hydrogens is 301 g/mol. The van der Waals surface area contributed by atoms with E-state index in [-0.39, 0.29) is 11.7 Å². The number of nitrogens with one attached hydrogen (secondary N) is 1. The SMILES string of the molecule is CC(C)c1c(-c2cccc(OC(F)(F)F)c2)[nH]cnc1=S. The first kappa shape index (κ1) is 15.5. The summed E-state index contributed by atoms with van der Waals surface area (Å²) in [6.45, 7) is 3.89. The molecule has 0 spiro atoms. The fraction of sp³-hybridized carbons (Fsp3) is 0.286. The van der Waals surface area contributed by atoms with Crippen LogP contribution in [0.4, 0.5) is 13.2 Å². The molecule has 1 heterocycles. The molecule has 1 N–H and O–H groups in total. The van der Waals surface area contributed by atoms with Crippen LogP contribution in [0.2, 0.25) is 0 Å². The van der Waals surface area contributed by atoms with Gasteiger partial charge in [0.25, 0.3) is 0 Å². The van der Waals surface area contributed by atoms with Crippen LogP contribution in [-0.4, -0.2) is 16.3 Å². The van der Waals surface area contributed by atoms with E-state index >= 15 is 0 Å². The van der Waals surface area contributed by atoms with Crippen molar-refractivity contribution in [2.45, 2.75) is 26.1 Å². The molecule has 2 rings (SSSR count). The second-order valence-corrected chi connectivity index (χ2v) is 5.11. The molecule has 1 aromatic heterocycles. The number of hydrogen-bond acceptors (Lipinski definition) is 3. The van der Waals surface area contributed by atoms with Crippen LogP contribution in [0.25, 0.3) is 11.3 Å². The van der Waals surface area contributed by atoms with Gasteiger partial charge in [0.05, 0.1) is 12.0 Å². The lowest BCUT2D eigenvalue weighted by Gasteiger charge is -2.14. The highest BCUT2D eigenvalue weighted by atomic mass is 32.1. The van der Waals surface area contributed by atoms with Gasteiger partial charge in [-0.05, 0) is 18.1 Å². The number of hydrogen-bond donors (Lipinski definition) is 1. The molecule has 0 saturated heterocycles. The Hall–Kier alpha value is -1.89. The van der Waals surface area contributed by atoms with Crippen LogP contribution in [0.3, 0.4) is 0 Å². The zero-order chi connectivity index (χ0) is 15.6. The minimum Gasteiger partial charge on any atom is -0.406 e. The van der Waals surface area contributed by atoms with Crippen LogP contribution < -0.4 is 4.74 Å². The second-order valence-electron chi connectivity index (χ2n) is 4.73. The van der Waals surface area contributed by atoms with Gasteiger partial charge in [-0.1, -0.05) is 38.2 Å². The van der Waals surface area contributed by atoms with Crippen molar-refractivity contribution < 1.29 is 17.9 Å². The predicted octanol–water partition coefficient (Wildman–Crippen LogP) is 4.83. The fourth-order valence-corrected chi connectivity index (χ4v) is 2.42. The van der Waals surface area contributed by atoms with E-state index in [0.717, 1.165) is 5.56 Å². The summed E-state index contributed by atoms with van der Waals surface area (Å²) in [4.78, 5) is 6.97. The number of aromatic amines is 1. The normalized spacial score (nSPS) is 11.7. The van der Waals surface area contributed by atoms with Gasteiger partial charge in [-0.25, -0.2) is 4.98 Å². The van der Waals surface area contributed by atoms with Crippen molar-refractivity contribution in [1.82, 2.24) is 9.97 Å². The Bertz CT molecular complexity index is 695. The van der Waals surface area contributed by atoms with Crippen LogP contribution in [0.1, 0.15) is 25.3 Å². The van der Waals surface area contributed by atoms with E-state index in [2.05, 4.69) is 14.7 Å². The van der Waals surface area contributed by atoms with Gasteiger partial charge in [-0.15, -0.1) is 13.2 Å². The molecule has 1 aromatic carbocycles. The molecule has 7 heteroatoms. The number of halogens is 3. The molecule has 0 fully saturated rings. The second kappa shape index (κ2) is 5.85. The van der Waals surface area contributed by atoms with Crippen LogP contribution in [0.5, 0.6) is 5.75 Å². The first-order valence-electron chi connectivity index (χ1n) is 6.21. The van der Waals surface area contributed by atoms with Crippen molar-refractivity contribution in [2.24, 2.45) is 0 Å². The van der Waals surface area contributed by atoms with Gasteiger partial charge in [0.1, 0.15) is 10.4 Å². The first-order valence-corrected chi connectivity index (χ1v) is 6.62. The largest absolute Gasteiger partial charge is 0.573 e. The van der Waals surface area contributed by atoms with E-state index in [0.29, 0.717) is 15.9 Å². The van der Waals surface area contributed by atoms with Crippen LogP contribution in [0.15, 0.2) is 30.6 Å². The Morgan fingerprint density at radius 2 is 2.00 bits per heavy atom. The number of benzene rings is 1. The van der Waals surface area contributed by atoms with Gasteiger partial charge >= 0.3 is 6.36 Å². The minimum absolute atomic E-state index is 0.0876. The summed E-state index contributed by atoms with van der Waals surface area (Å²) in [5, 5.41) is 0. The topological polar surface area (TPSA) is 37.9 Å². The summed E-state index contributed by atoms with van der Waals surface area (Å²) in [7, 11) is 0. The third kappa shape index (κ3) is 3.81. The van der Waals surface area contributed by atoms with E-state index < -0.39 is 6.36 Å². The third-order valence-electron chi connectivity index (χ3n) is 2.82. The average Bonchev–Trinajstić information content (AvgIpc) is 2.36. The summed E-state index contributed by atoms with van der Waals surface area (Å²) in [6, 6.07) is 5.76. The maximum absolute atomic E-state index is 12.3. The van der Waals surface area contributed by atoms with Crippen LogP contribution in [0, 0.1) is 4.64 Å². The first-order chi connectivity index (χ1) is 9.78. The molecule has 0 radical (unpaired) electrons. The highest BCUT2D eigenvalue weighted by Gasteiger charge is 2.31. The van der Waals surface area contributed by atoms with E-state index in [4.69, 9.17) is 12.2 Å². The lowest BCUT2D eigenvalue weighted by atomic mass is 9.98. The predicted molar refractivity (Wildman–Crippen MR) is 75.6 cm³/mol. The molecule has 0 aliphatic carbocycles.